The maximum atomic E-state index is 12.4. The Morgan fingerprint density at radius 2 is 1.85 bits per heavy atom. The molecule has 1 aromatic heterocycles. The average Bonchev–Trinajstić information content (AvgIpc) is 3.07. The highest BCUT2D eigenvalue weighted by atomic mass is 16.5. The van der Waals surface area contributed by atoms with Gasteiger partial charge in [0.25, 0.3) is 0 Å². The molecule has 1 saturated heterocycles. The van der Waals surface area contributed by atoms with Gasteiger partial charge in [-0.05, 0) is 48.7 Å². The molecule has 0 spiro atoms. The number of nitrogens with zero attached hydrogens (tertiary/aromatic N) is 2. The summed E-state index contributed by atoms with van der Waals surface area (Å²) in [6, 6.07) is 10.2. The fourth-order valence-electron chi connectivity index (χ4n) is 3.97. The first-order valence-electron chi connectivity index (χ1n) is 9.46. The number of hydrogen-bond acceptors (Lipinski definition) is 4. The first kappa shape index (κ1) is 17.3. The molecule has 2 aliphatic rings. The Bertz CT molecular complexity index is 773. The van der Waals surface area contributed by atoms with Crippen LogP contribution in [0.25, 0.3) is 11.3 Å². The average molecular weight is 354 g/mol. The third kappa shape index (κ3) is 3.41. The van der Waals surface area contributed by atoms with Gasteiger partial charge >= 0.3 is 0 Å². The molecule has 5 heteroatoms. The number of methoxy groups -OCH3 is 1. The summed E-state index contributed by atoms with van der Waals surface area (Å²) in [5, 5.41) is 0. The zero-order valence-corrected chi connectivity index (χ0v) is 15.4. The minimum absolute atomic E-state index is 0.283. The molecule has 1 aromatic carbocycles. The van der Waals surface area contributed by atoms with Crippen LogP contribution in [0.15, 0.2) is 30.3 Å². The fraction of sp³-hybridized carbons (Fsp3) is 0.476. The van der Waals surface area contributed by atoms with Gasteiger partial charge in [0, 0.05) is 49.6 Å². The monoisotopic (exact) mass is 354 g/mol. The van der Waals surface area contributed by atoms with Gasteiger partial charge in [-0.25, -0.2) is 0 Å². The first-order chi connectivity index (χ1) is 12.8. The van der Waals surface area contributed by atoms with Crippen LogP contribution in [0.5, 0.6) is 5.75 Å². The predicted molar refractivity (Wildman–Crippen MR) is 101 cm³/mol. The van der Waals surface area contributed by atoms with E-state index in [9.17, 15) is 4.79 Å². The summed E-state index contributed by atoms with van der Waals surface area (Å²) in [5.41, 5.74) is 4.40. The quantitative estimate of drug-likeness (QED) is 0.828. The molecule has 0 radical (unpaired) electrons. The van der Waals surface area contributed by atoms with E-state index >= 15 is 0 Å². The topological polar surface area (TPSA) is 43.7 Å². The Morgan fingerprint density at radius 3 is 2.58 bits per heavy atom. The minimum atomic E-state index is 0.283. The summed E-state index contributed by atoms with van der Waals surface area (Å²) >= 11 is 0. The molecule has 26 heavy (non-hydrogen) atoms. The molecule has 0 unspecified atom stereocenters. The summed E-state index contributed by atoms with van der Waals surface area (Å²) in [4.78, 5) is 14.9. The molecule has 0 saturated carbocycles. The van der Waals surface area contributed by atoms with Crippen LogP contribution in [0, 0.1) is 0 Å². The Morgan fingerprint density at radius 1 is 1.08 bits per heavy atom. The van der Waals surface area contributed by atoms with Crippen LogP contribution >= 0.6 is 0 Å². The number of benzene rings is 1. The van der Waals surface area contributed by atoms with E-state index < -0.39 is 0 Å². The molecule has 1 aliphatic carbocycles. The van der Waals surface area contributed by atoms with Crippen molar-refractivity contribution in [3.05, 3.63) is 41.6 Å². The molecule has 4 rings (SSSR count). The standard InChI is InChI=1S/C21H26N2O3/c1-25-17-7-5-16(6-8-17)20-15-18-19(3-2-4-21(18)24)23(20)10-9-22-11-13-26-14-12-22/h5-8,15H,2-4,9-14H2,1H3. The molecule has 0 N–H and O–H groups in total. The molecule has 0 atom stereocenters. The van der Waals surface area contributed by atoms with Crippen molar-refractivity contribution in [3.8, 4) is 17.0 Å². The first-order valence-corrected chi connectivity index (χ1v) is 9.46. The number of carbonyl (C=O) groups is 1. The number of ether oxygens (including phenoxy) is 2. The van der Waals surface area contributed by atoms with E-state index in [-0.39, 0.29) is 5.78 Å². The van der Waals surface area contributed by atoms with Crippen molar-refractivity contribution in [1.29, 1.82) is 0 Å². The van der Waals surface area contributed by atoms with Crippen LogP contribution in [0.1, 0.15) is 28.9 Å². The summed E-state index contributed by atoms with van der Waals surface area (Å²) in [5.74, 6) is 1.13. The van der Waals surface area contributed by atoms with Gasteiger partial charge < -0.3 is 14.0 Å². The van der Waals surface area contributed by atoms with Crippen LogP contribution in [0.3, 0.4) is 0 Å². The van der Waals surface area contributed by atoms with Crippen LogP contribution in [0.4, 0.5) is 0 Å². The number of carbonyl (C=O) groups excluding carboxylic acids is 1. The number of aromatic nitrogens is 1. The van der Waals surface area contributed by atoms with Crippen LogP contribution in [-0.4, -0.2) is 55.2 Å². The van der Waals surface area contributed by atoms with Gasteiger partial charge in [-0.3, -0.25) is 9.69 Å². The molecule has 1 aliphatic heterocycles. The van der Waals surface area contributed by atoms with Crippen molar-refractivity contribution in [3.63, 3.8) is 0 Å². The Balaban J connectivity index is 1.66. The normalized spacial score (nSPS) is 18.0. The van der Waals surface area contributed by atoms with Crippen LogP contribution in [-0.2, 0) is 17.7 Å². The predicted octanol–water partition coefficient (Wildman–Crippen LogP) is 3.01. The van der Waals surface area contributed by atoms with Gasteiger partial charge in [0.2, 0.25) is 0 Å². The third-order valence-corrected chi connectivity index (χ3v) is 5.46. The van der Waals surface area contributed by atoms with E-state index in [0.717, 1.165) is 74.8 Å². The van der Waals surface area contributed by atoms with Crippen LogP contribution < -0.4 is 4.74 Å². The van der Waals surface area contributed by atoms with Crippen molar-refractivity contribution in [2.75, 3.05) is 40.0 Å². The van der Waals surface area contributed by atoms with Gasteiger partial charge in [-0.1, -0.05) is 0 Å². The van der Waals surface area contributed by atoms with E-state index in [1.165, 1.54) is 5.69 Å². The maximum absolute atomic E-state index is 12.4. The molecule has 5 nitrogen and oxygen atoms in total. The Labute approximate surface area is 154 Å². The van der Waals surface area contributed by atoms with Crippen molar-refractivity contribution < 1.29 is 14.3 Å². The van der Waals surface area contributed by atoms with Gasteiger partial charge in [-0.2, -0.15) is 0 Å². The second kappa shape index (κ2) is 7.64. The van der Waals surface area contributed by atoms with Crippen molar-refractivity contribution in [2.45, 2.75) is 25.8 Å². The van der Waals surface area contributed by atoms with Gasteiger partial charge in [0.05, 0.1) is 20.3 Å². The molecule has 1 fully saturated rings. The third-order valence-electron chi connectivity index (χ3n) is 5.46. The number of rotatable bonds is 5. The lowest BCUT2D eigenvalue weighted by molar-refractivity contribution is 0.0363. The van der Waals surface area contributed by atoms with E-state index in [0.29, 0.717) is 6.42 Å². The number of ketones is 1. The SMILES string of the molecule is COc1ccc(-c2cc3c(n2CCN2CCOCC2)CCCC3=O)cc1. The van der Waals surface area contributed by atoms with Crippen molar-refractivity contribution in [1.82, 2.24) is 9.47 Å². The zero-order valence-electron chi connectivity index (χ0n) is 15.4. The van der Waals surface area contributed by atoms with E-state index in [1.807, 2.05) is 12.1 Å². The maximum Gasteiger partial charge on any atom is 0.164 e. The van der Waals surface area contributed by atoms with Crippen LogP contribution in [0.2, 0.25) is 0 Å². The Kier molecular flexibility index (Phi) is 5.09. The molecule has 2 heterocycles. The van der Waals surface area contributed by atoms with Crippen molar-refractivity contribution in [2.24, 2.45) is 0 Å². The summed E-state index contributed by atoms with van der Waals surface area (Å²) in [6.07, 6.45) is 2.61. The smallest absolute Gasteiger partial charge is 0.164 e. The summed E-state index contributed by atoms with van der Waals surface area (Å²) in [6.45, 7) is 5.49. The van der Waals surface area contributed by atoms with Gasteiger partial charge in [0.15, 0.2) is 5.78 Å². The molecule has 0 bridgehead atoms. The molecule has 2 aromatic rings. The van der Waals surface area contributed by atoms with E-state index in [1.54, 1.807) is 7.11 Å². The number of Topliss-reactive ketones (excluding diaryl/α,β-unsaturated/α-hetero) is 1. The summed E-state index contributed by atoms with van der Waals surface area (Å²) < 4.78 is 13.1. The summed E-state index contributed by atoms with van der Waals surface area (Å²) in [7, 11) is 1.68. The van der Waals surface area contributed by atoms with Gasteiger partial charge in [-0.15, -0.1) is 0 Å². The number of fused-ring (bicyclic) bond motifs is 1. The highest BCUT2D eigenvalue weighted by Gasteiger charge is 2.24. The second-order valence-electron chi connectivity index (χ2n) is 7.00. The Hall–Kier alpha value is -2.11. The lowest BCUT2D eigenvalue weighted by Gasteiger charge is -2.27. The van der Waals surface area contributed by atoms with E-state index in [2.05, 4.69) is 27.7 Å². The lowest BCUT2D eigenvalue weighted by Crippen LogP contribution is -2.38. The number of hydrogen-bond donors (Lipinski definition) is 0. The van der Waals surface area contributed by atoms with Gasteiger partial charge in [0.1, 0.15) is 5.75 Å². The van der Waals surface area contributed by atoms with E-state index in [4.69, 9.17) is 9.47 Å². The fourth-order valence-corrected chi connectivity index (χ4v) is 3.97. The highest BCUT2D eigenvalue weighted by Crippen LogP contribution is 2.32. The molecule has 0 amide bonds. The minimum Gasteiger partial charge on any atom is -0.497 e. The zero-order chi connectivity index (χ0) is 17.9. The molecular formula is C21H26N2O3. The largest absolute Gasteiger partial charge is 0.497 e. The second-order valence-corrected chi connectivity index (χ2v) is 7.00. The molecular weight excluding hydrogens is 328 g/mol. The lowest BCUT2D eigenvalue weighted by atomic mass is 9.96. The molecule has 138 valence electrons. The number of morpholine rings is 1. The highest BCUT2D eigenvalue weighted by molar-refractivity contribution is 5.99. The van der Waals surface area contributed by atoms with Crippen molar-refractivity contribution >= 4 is 5.78 Å².